The summed E-state index contributed by atoms with van der Waals surface area (Å²) in [7, 11) is 0. The predicted octanol–water partition coefficient (Wildman–Crippen LogP) is 2.35. The van der Waals surface area contributed by atoms with Crippen LogP contribution in [0.15, 0.2) is 6.07 Å². The maximum atomic E-state index is 12.2. The van der Waals surface area contributed by atoms with Crippen LogP contribution in [0.4, 0.5) is 0 Å². The van der Waals surface area contributed by atoms with Gasteiger partial charge in [0.15, 0.2) is 0 Å². The summed E-state index contributed by atoms with van der Waals surface area (Å²) in [5, 5.41) is 0. The van der Waals surface area contributed by atoms with Crippen molar-refractivity contribution in [1.82, 2.24) is 8.87 Å². The number of carbonyl (C=O) groups excluding carboxylic acids is 1. The van der Waals surface area contributed by atoms with Gasteiger partial charge in [-0.25, -0.2) is 0 Å². The Kier molecular flexibility index (Phi) is 2.34. The van der Waals surface area contributed by atoms with Crippen LogP contribution in [-0.4, -0.2) is 27.6 Å². The summed E-state index contributed by atoms with van der Waals surface area (Å²) in [5.74, 6) is 0.177. The van der Waals surface area contributed by atoms with E-state index in [-0.39, 0.29) is 5.91 Å². The molecule has 3 nitrogen and oxygen atoms in total. The average Bonchev–Trinajstić information content (AvgIpc) is 2.72. The van der Waals surface area contributed by atoms with Gasteiger partial charge in [-0.3, -0.25) is 9.10 Å². The van der Waals surface area contributed by atoms with Crippen molar-refractivity contribution in [3.63, 3.8) is 0 Å². The highest BCUT2D eigenvalue weighted by atomic mass is 32.2. The maximum Gasteiger partial charge on any atom is 0.280 e. The molecule has 1 aromatic heterocycles. The predicted molar refractivity (Wildman–Crippen MR) is 70.2 cm³/mol. The summed E-state index contributed by atoms with van der Waals surface area (Å²) in [4.78, 5) is 12.2. The molecule has 0 fully saturated rings. The molecular weight excluding hydrogens is 232 g/mol. The Balaban J connectivity index is 2.02. The second-order valence-electron chi connectivity index (χ2n) is 5.76. The fraction of sp³-hybridized carbons (Fsp3) is 0.615. The second-order valence-corrected chi connectivity index (χ2v) is 6.57. The summed E-state index contributed by atoms with van der Waals surface area (Å²) in [6.45, 7) is 6.39. The van der Waals surface area contributed by atoms with Crippen LogP contribution in [0.3, 0.4) is 0 Å². The van der Waals surface area contributed by atoms with E-state index in [1.807, 2.05) is 10.6 Å². The van der Waals surface area contributed by atoms with Crippen molar-refractivity contribution in [2.24, 2.45) is 5.41 Å². The quantitative estimate of drug-likeness (QED) is 0.715. The normalized spacial score (nSPS) is 21.6. The molecule has 0 unspecified atom stereocenters. The van der Waals surface area contributed by atoms with E-state index < -0.39 is 0 Å². The molecule has 3 rings (SSSR count). The van der Waals surface area contributed by atoms with Gasteiger partial charge in [-0.1, -0.05) is 25.8 Å². The Morgan fingerprint density at radius 3 is 2.76 bits per heavy atom. The Hall–Kier alpha value is -0.900. The topological polar surface area (TPSA) is 25.2 Å². The summed E-state index contributed by atoms with van der Waals surface area (Å²) >= 11 is 1.53. The Morgan fingerprint density at radius 2 is 2.06 bits per heavy atom. The maximum absolute atomic E-state index is 12.2. The molecule has 1 amide bonds. The lowest BCUT2D eigenvalue weighted by atomic mass is 9.90. The zero-order valence-corrected chi connectivity index (χ0v) is 11.4. The molecule has 92 valence electrons. The Bertz CT molecular complexity index is 490. The van der Waals surface area contributed by atoms with Crippen molar-refractivity contribution in [3.05, 3.63) is 23.0 Å². The van der Waals surface area contributed by atoms with E-state index in [4.69, 9.17) is 0 Å². The van der Waals surface area contributed by atoms with Gasteiger partial charge in [-0.2, -0.15) is 0 Å². The molecule has 0 radical (unpaired) electrons. The zero-order chi connectivity index (χ0) is 12.2. The lowest BCUT2D eigenvalue weighted by molar-refractivity contribution is 0.0834. The first-order valence-electron chi connectivity index (χ1n) is 6.09. The fourth-order valence-electron chi connectivity index (χ4n) is 3.07. The van der Waals surface area contributed by atoms with Gasteiger partial charge in [0, 0.05) is 18.5 Å². The smallest absolute Gasteiger partial charge is 0.280 e. The van der Waals surface area contributed by atoms with Gasteiger partial charge in [0.25, 0.3) is 5.91 Å². The summed E-state index contributed by atoms with van der Waals surface area (Å²) < 4.78 is 4.11. The van der Waals surface area contributed by atoms with E-state index >= 15 is 0 Å². The third kappa shape index (κ3) is 1.61. The van der Waals surface area contributed by atoms with Crippen LogP contribution in [0.2, 0.25) is 0 Å². The van der Waals surface area contributed by atoms with Crippen molar-refractivity contribution in [2.45, 2.75) is 33.2 Å². The molecule has 1 aliphatic carbocycles. The fourth-order valence-corrected chi connectivity index (χ4v) is 3.59. The molecule has 2 heterocycles. The van der Waals surface area contributed by atoms with E-state index in [0.29, 0.717) is 5.41 Å². The summed E-state index contributed by atoms with van der Waals surface area (Å²) in [5.41, 5.74) is 4.05. The van der Waals surface area contributed by atoms with Crippen LogP contribution in [0, 0.1) is 5.41 Å². The van der Waals surface area contributed by atoms with E-state index in [2.05, 4.69) is 24.5 Å². The SMILES string of the molecule is CSN1CCn2c(cc3c2CC(C)(C)C3)C1=O. The molecule has 0 aromatic carbocycles. The number of nitrogens with zero attached hydrogens (tertiary/aromatic N) is 2. The van der Waals surface area contributed by atoms with E-state index in [1.165, 1.54) is 23.2 Å². The van der Waals surface area contributed by atoms with Gasteiger partial charge in [0.2, 0.25) is 0 Å². The molecule has 0 spiro atoms. The first kappa shape index (κ1) is 11.2. The average molecular weight is 250 g/mol. The molecule has 0 saturated carbocycles. The molecule has 0 saturated heterocycles. The lowest BCUT2D eigenvalue weighted by Gasteiger charge is -2.27. The summed E-state index contributed by atoms with van der Waals surface area (Å²) in [6, 6.07) is 2.12. The first-order valence-corrected chi connectivity index (χ1v) is 7.27. The molecular formula is C13H18N2OS. The molecule has 2 aliphatic rings. The number of carbonyl (C=O) groups is 1. The molecule has 4 heteroatoms. The molecule has 0 bridgehead atoms. The van der Waals surface area contributed by atoms with Gasteiger partial charge in [-0.05, 0) is 29.9 Å². The van der Waals surface area contributed by atoms with E-state index in [9.17, 15) is 4.79 Å². The Morgan fingerprint density at radius 1 is 1.29 bits per heavy atom. The van der Waals surface area contributed by atoms with Gasteiger partial charge in [0.05, 0.1) is 6.54 Å². The van der Waals surface area contributed by atoms with Crippen molar-refractivity contribution < 1.29 is 4.79 Å². The van der Waals surface area contributed by atoms with Crippen molar-refractivity contribution in [3.8, 4) is 0 Å². The van der Waals surface area contributed by atoms with Crippen molar-refractivity contribution in [1.29, 1.82) is 0 Å². The highest BCUT2D eigenvalue weighted by molar-refractivity contribution is 7.96. The molecule has 1 aromatic rings. The Labute approximate surface area is 106 Å². The zero-order valence-electron chi connectivity index (χ0n) is 10.6. The number of hydrogen-bond donors (Lipinski definition) is 0. The lowest BCUT2D eigenvalue weighted by Crippen LogP contribution is -2.35. The first-order chi connectivity index (χ1) is 8.02. The number of rotatable bonds is 1. The van der Waals surface area contributed by atoms with Crippen LogP contribution in [-0.2, 0) is 19.4 Å². The third-order valence-electron chi connectivity index (χ3n) is 3.81. The van der Waals surface area contributed by atoms with Crippen LogP contribution < -0.4 is 0 Å². The minimum Gasteiger partial charge on any atom is -0.339 e. The largest absolute Gasteiger partial charge is 0.339 e. The van der Waals surface area contributed by atoms with Gasteiger partial charge < -0.3 is 4.57 Å². The number of fused-ring (bicyclic) bond motifs is 3. The van der Waals surface area contributed by atoms with E-state index in [1.54, 1.807) is 0 Å². The van der Waals surface area contributed by atoms with Crippen molar-refractivity contribution in [2.75, 3.05) is 12.8 Å². The molecule has 1 aliphatic heterocycles. The molecule has 0 atom stereocenters. The molecule has 0 N–H and O–H groups in total. The minimum absolute atomic E-state index is 0.177. The van der Waals surface area contributed by atoms with Gasteiger partial charge >= 0.3 is 0 Å². The van der Waals surface area contributed by atoms with E-state index in [0.717, 1.165) is 31.6 Å². The third-order valence-corrected chi connectivity index (χ3v) is 4.60. The number of aromatic nitrogens is 1. The number of hydrogen-bond acceptors (Lipinski definition) is 2. The molecule has 17 heavy (non-hydrogen) atoms. The highest BCUT2D eigenvalue weighted by Crippen LogP contribution is 2.39. The number of amides is 1. The standard InChI is InChI=1S/C13H18N2OS/c1-13(2)7-9-6-10-12(16)15(17-3)5-4-14(10)11(9)8-13/h6H,4-5,7-8H2,1-3H3. The summed E-state index contributed by atoms with van der Waals surface area (Å²) in [6.07, 6.45) is 4.18. The monoisotopic (exact) mass is 250 g/mol. The van der Waals surface area contributed by atoms with Crippen LogP contribution in [0.1, 0.15) is 35.6 Å². The second kappa shape index (κ2) is 3.55. The minimum atomic E-state index is 0.177. The van der Waals surface area contributed by atoms with Crippen molar-refractivity contribution >= 4 is 17.9 Å². The van der Waals surface area contributed by atoms with Gasteiger partial charge in [-0.15, -0.1) is 0 Å². The van der Waals surface area contributed by atoms with Gasteiger partial charge in [0.1, 0.15) is 5.69 Å². The van der Waals surface area contributed by atoms with Crippen LogP contribution in [0.5, 0.6) is 0 Å². The highest BCUT2D eigenvalue weighted by Gasteiger charge is 2.36. The van der Waals surface area contributed by atoms with Crippen LogP contribution >= 0.6 is 11.9 Å². The van der Waals surface area contributed by atoms with Crippen LogP contribution in [0.25, 0.3) is 0 Å².